The molecule has 0 amide bonds. The van der Waals surface area contributed by atoms with E-state index in [1.54, 1.807) is 6.20 Å². The summed E-state index contributed by atoms with van der Waals surface area (Å²) < 4.78 is 7.08. The number of hydrogen-bond acceptors (Lipinski definition) is 5. The van der Waals surface area contributed by atoms with E-state index in [0.29, 0.717) is 24.0 Å². The second kappa shape index (κ2) is 5.26. The number of imidazole rings is 1. The van der Waals surface area contributed by atoms with E-state index in [9.17, 15) is 0 Å². The summed E-state index contributed by atoms with van der Waals surface area (Å²) in [6.45, 7) is 0. The molecule has 3 rings (SSSR count). The van der Waals surface area contributed by atoms with Crippen molar-refractivity contribution in [3.05, 3.63) is 54.2 Å². The molecule has 0 fully saturated rings. The van der Waals surface area contributed by atoms with E-state index in [-0.39, 0.29) is 6.04 Å². The molecule has 2 N–H and O–H groups in total. The molecule has 1 unspecified atom stereocenters. The van der Waals surface area contributed by atoms with Crippen LogP contribution in [0.25, 0.3) is 11.6 Å². The maximum Gasteiger partial charge on any atom is 0.238 e. The molecule has 6 heteroatoms. The van der Waals surface area contributed by atoms with E-state index in [4.69, 9.17) is 10.3 Å². The van der Waals surface area contributed by atoms with Gasteiger partial charge in [0.2, 0.25) is 11.7 Å². The Bertz CT molecular complexity index is 688. The van der Waals surface area contributed by atoms with Crippen LogP contribution in [0.5, 0.6) is 0 Å². The largest absolute Gasteiger partial charge is 0.339 e. The van der Waals surface area contributed by atoms with E-state index < -0.39 is 0 Å². The van der Waals surface area contributed by atoms with Crippen molar-refractivity contribution >= 4 is 0 Å². The lowest BCUT2D eigenvalue weighted by molar-refractivity contribution is 0.370. The van der Waals surface area contributed by atoms with Crippen LogP contribution in [-0.4, -0.2) is 19.7 Å². The minimum atomic E-state index is -0.161. The van der Waals surface area contributed by atoms with E-state index >= 15 is 0 Å². The van der Waals surface area contributed by atoms with Crippen LogP contribution in [0.15, 0.2) is 47.2 Å². The zero-order chi connectivity index (χ0) is 13.9. The van der Waals surface area contributed by atoms with Crippen molar-refractivity contribution in [3.63, 3.8) is 0 Å². The van der Waals surface area contributed by atoms with Gasteiger partial charge in [0, 0.05) is 31.9 Å². The van der Waals surface area contributed by atoms with Crippen molar-refractivity contribution in [1.29, 1.82) is 0 Å². The Morgan fingerprint density at radius 1 is 1.30 bits per heavy atom. The molecule has 0 aliphatic carbocycles. The highest BCUT2D eigenvalue weighted by Crippen LogP contribution is 2.17. The molecule has 20 heavy (non-hydrogen) atoms. The number of aryl methyl sites for hydroxylation is 1. The average molecular weight is 269 g/mol. The molecule has 3 aromatic rings. The molecular formula is C14H15N5O. The van der Waals surface area contributed by atoms with Gasteiger partial charge < -0.3 is 14.8 Å². The SMILES string of the molecule is Cn1ccnc1-c1noc(CC(N)c2ccccc2)n1. The topological polar surface area (TPSA) is 82.8 Å². The summed E-state index contributed by atoms with van der Waals surface area (Å²) in [5.74, 6) is 1.67. The summed E-state index contributed by atoms with van der Waals surface area (Å²) in [5.41, 5.74) is 7.18. The van der Waals surface area contributed by atoms with Crippen LogP contribution < -0.4 is 5.73 Å². The van der Waals surface area contributed by atoms with Gasteiger partial charge >= 0.3 is 0 Å². The third kappa shape index (κ3) is 2.46. The minimum absolute atomic E-state index is 0.161. The molecule has 0 saturated carbocycles. The highest BCUT2D eigenvalue weighted by atomic mass is 16.5. The van der Waals surface area contributed by atoms with Gasteiger partial charge in [-0.3, -0.25) is 0 Å². The van der Waals surface area contributed by atoms with E-state index in [2.05, 4.69) is 15.1 Å². The van der Waals surface area contributed by atoms with Crippen molar-refractivity contribution in [1.82, 2.24) is 19.7 Å². The zero-order valence-electron chi connectivity index (χ0n) is 11.1. The van der Waals surface area contributed by atoms with Crippen molar-refractivity contribution in [2.75, 3.05) is 0 Å². The number of nitrogens with two attached hydrogens (primary N) is 1. The molecule has 0 aliphatic heterocycles. The van der Waals surface area contributed by atoms with Gasteiger partial charge in [-0.25, -0.2) is 4.98 Å². The normalized spacial score (nSPS) is 12.5. The van der Waals surface area contributed by atoms with Crippen molar-refractivity contribution in [2.24, 2.45) is 12.8 Å². The molecule has 2 heterocycles. The molecule has 0 spiro atoms. The number of aromatic nitrogens is 4. The summed E-state index contributed by atoms with van der Waals surface area (Å²) >= 11 is 0. The first-order chi connectivity index (χ1) is 9.74. The predicted octanol–water partition coefficient (Wildman–Crippen LogP) is 1.71. The third-order valence-electron chi connectivity index (χ3n) is 3.11. The molecule has 0 bridgehead atoms. The van der Waals surface area contributed by atoms with Crippen molar-refractivity contribution in [3.8, 4) is 11.6 Å². The summed E-state index contributed by atoms with van der Waals surface area (Å²) in [6.07, 6.45) is 4.03. The standard InChI is InChI=1S/C14H15N5O/c1-19-8-7-16-14(19)13-17-12(20-18-13)9-11(15)10-5-3-2-4-6-10/h2-8,11H,9,15H2,1H3. The van der Waals surface area contributed by atoms with Gasteiger partial charge in [-0.2, -0.15) is 4.98 Å². The third-order valence-corrected chi connectivity index (χ3v) is 3.11. The summed E-state index contributed by atoms with van der Waals surface area (Å²) in [5, 5.41) is 3.94. The first-order valence-electron chi connectivity index (χ1n) is 6.35. The smallest absolute Gasteiger partial charge is 0.238 e. The van der Waals surface area contributed by atoms with Gasteiger partial charge in [0.1, 0.15) is 0 Å². The van der Waals surface area contributed by atoms with E-state index in [0.717, 1.165) is 5.56 Å². The second-order valence-electron chi connectivity index (χ2n) is 4.59. The maximum atomic E-state index is 6.14. The van der Waals surface area contributed by atoms with Crippen LogP contribution in [0.4, 0.5) is 0 Å². The quantitative estimate of drug-likeness (QED) is 0.779. The fraction of sp³-hybridized carbons (Fsp3) is 0.214. The fourth-order valence-corrected chi connectivity index (χ4v) is 2.02. The number of nitrogens with zero attached hydrogens (tertiary/aromatic N) is 4. The second-order valence-corrected chi connectivity index (χ2v) is 4.59. The van der Waals surface area contributed by atoms with Gasteiger partial charge in [0.15, 0.2) is 5.82 Å². The lowest BCUT2D eigenvalue weighted by Crippen LogP contribution is -2.13. The Morgan fingerprint density at radius 2 is 2.10 bits per heavy atom. The summed E-state index contributed by atoms with van der Waals surface area (Å²) in [6, 6.07) is 9.69. The van der Waals surface area contributed by atoms with Gasteiger partial charge in [0.25, 0.3) is 0 Å². The first kappa shape index (κ1) is 12.6. The molecule has 1 aromatic carbocycles. The Balaban J connectivity index is 1.77. The molecular weight excluding hydrogens is 254 g/mol. The summed E-state index contributed by atoms with van der Waals surface area (Å²) in [7, 11) is 1.88. The predicted molar refractivity (Wildman–Crippen MR) is 73.6 cm³/mol. The lowest BCUT2D eigenvalue weighted by atomic mass is 10.1. The molecule has 0 radical (unpaired) electrons. The van der Waals surface area contributed by atoms with Crippen LogP contribution >= 0.6 is 0 Å². The van der Waals surface area contributed by atoms with Crippen LogP contribution in [0.2, 0.25) is 0 Å². The van der Waals surface area contributed by atoms with Crippen molar-refractivity contribution < 1.29 is 4.52 Å². The van der Waals surface area contributed by atoms with Gasteiger partial charge in [0.05, 0.1) is 0 Å². The summed E-state index contributed by atoms with van der Waals surface area (Å²) in [4.78, 5) is 8.52. The Kier molecular flexibility index (Phi) is 3.30. The minimum Gasteiger partial charge on any atom is -0.339 e. The molecule has 6 nitrogen and oxygen atoms in total. The van der Waals surface area contributed by atoms with Crippen LogP contribution in [0.1, 0.15) is 17.5 Å². The van der Waals surface area contributed by atoms with Crippen molar-refractivity contribution in [2.45, 2.75) is 12.5 Å². The van der Waals surface area contributed by atoms with Crippen LogP contribution in [-0.2, 0) is 13.5 Å². The van der Waals surface area contributed by atoms with Gasteiger partial charge in [-0.05, 0) is 5.56 Å². The van der Waals surface area contributed by atoms with Gasteiger partial charge in [-0.1, -0.05) is 35.5 Å². The highest BCUT2D eigenvalue weighted by molar-refractivity contribution is 5.42. The Labute approximate surface area is 116 Å². The number of hydrogen-bond donors (Lipinski definition) is 1. The maximum absolute atomic E-state index is 6.14. The zero-order valence-corrected chi connectivity index (χ0v) is 11.1. The van der Waals surface area contributed by atoms with Gasteiger partial charge in [-0.15, -0.1) is 0 Å². The molecule has 0 saturated heterocycles. The van der Waals surface area contributed by atoms with E-state index in [1.807, 2.05) is 48.1 Å². The number of rotatable bonds is 4. The Morgan fingerprint density at radius 3 is 2.80 bits per heavy atom. The average Bonchev–Trinajstić information content (AvgIpc) is 3.08. The van der Waals surface area contributed by atoms with E-state index in [1.165, 1.54) is 0 Å². The highest BCUT2D eigenvalue weighted by Gasteiger charge is 2.15. The molecule has 102 valence electrons. The Hall–Kier alpha value is -2.47. The molecule has 2 aromatic heterocycles. The molecule has 0 aliphatic rings. The van der Waals surface area contributed by atoms with Crippen LogP contribution in [0, 0.1) is 0 Å². The lowest BCUT2D eigenvalue weighted by Gasteiger charge is -2.08. The molecule has 1 atom stereocenters. The number of benzene rings is 1. The first-order valence-corrected chi connectivity index (χ1v) is 6.35. The fourth-order valence-electron chi connectivity index (χ4n) is 2.02. The monoisotopic (exact) mass is 269 g/mol. The van der Waals surface area contributed by atoms with Crippen LogP contribution in [0.3, 0.4) is 0 Å².